The zero-order chi connectivity index (χ0) is 11.3. The number of allylic oxidation sites excluding steroid dienone is 4. The molecule has 0 aromatic rings. The molecular formula is C12H21Cl3SiTi. The van der Waals surface area contributed by atoms with E-state index in [4.69, 9.17) is 0 Å². The summed E-state index contributed by atoms with van der Waals surface area (Å²) in [6.07, 6.45) is 0. The number of rotatable bonds is 1. The fourth-order valence-electron chi connectivity index (χ4n) is 2.28. The smallest absolute Gasteiger partial charge is 1.00 e. The molecule has 98 valence electrons. The van der Waals surface area contributed by atoms with Crippen LogP contribution in [0.4, 0.5) is 0 Å². The second-order valence-electron chi connectivity index (χ2n) is 5.88. The summed E-state index contributed by atoms with van der Waals surface area (Å²) in [5.41, 5.74) is 3.46. The van der Waals surface area contributed by atoms with Gasteiger partial charge in [-0.15, -0.1) is 0 Å². The Morgan fingerprint density at radius 1 is 0.941 bits per heavy atom. The third-order valence-electron chi connectivity index (χ3n) is 3.50. The van der Waals surface area contributed by atoms with Crippen molar-refractivity contribution in [2.75, 3.05) is 0 Å². The van der Waals surface area contributed by atoms with Crippen molar-refractivity contribution in [3.8, 4) is 0 Å². The van der Waals surface area contributed by atoms with E-state index >= 15 is 0 Å². The van der Waals surface area contributed by atoms with E-state index in [0.717, 1.165) is 0 Å². The Morgan fingerprint density at radius 2 is 1.29 bits per heavy atom. The van der Waals surface area contributed by atoms with Gasteiger partial charge in [0.15, 0.2) is 0 Å². The summed E-state index contributed by atoms with van der Waals surface area (Å²) in [6.45, 7) is 16.7. The standard InChI is InChI=1S/C12H21Si.3ClH.Ti/c1-9-10(2)12(3,4)8-11(9)13(5,6)7;;;;/h1-7H3;3*1H;/q;;;;+3/p-3. The first-order chi connectivity index (χ1) is 6.10. The van der Waals surface area contributed by atoms with E-state index in [0.29, 0.717) is 5.41 Å². The summed E-state index contributed by atoms with van der Waals surface area (Å²) in [7, 11) is -1.16. The molecule has 0 aromatic carbocycles. The molecule has 0 nitrogen and oxygen atoms in total. The van der Waals surface area contributed by atoms with Gasteiger partial charge in [0.1, 0.15) is 0 Å². The fraction of sp³-hybridized carbons (Fsp3) is 0.667. The van der Waals surface area contributed by atoms with Crippen LogP contribution in [0.5, 0.6) is 0 Å². The van der Waals surface area contributed by atoms with Gasteiger partial charge in [0, 0.05) is 0 Å². The van der Waals surface area contributed by atoms with E-state index in [1.807, 2.05) is 0 Å². The van der Waals surface area contributed by atoms with Crippen LogP contribution in [0, 0.1) is 5.41 Å². The van der Waals surface area contributed by atoms with E-state index < -0.39 is 8.07 Å². The summed E-state index contributed by atoms with van der Waals surface area (Å²) >= 11 is 2.33. The first-order valence-electron chi connectivity index (χ1n) is 5.25. The first kappa shape index (κ1) is 23.4. The number of hydrogen-bond acceptors (Lipinski definition) is 0. The number of hydrogen-bond donors (Lipinski definition) is 0. The van der Waals surface area contributed by atoms with E-state index in [-0.39, 0.29) is 37.2 Å². The predicted molar refractivity (Wildman–Crippen MR) is 62.5 cm³/mol. The molecule has 5 heteroatoms. The molecule has 1 aliphatic carbocycles. The van der Waals surface area contributed by atoms with Crippen molar-refractivity contribution >= 4 is 8.07 Å². The van der Waals surface area contributed by atoms with Crippen LogP contribution in [0.15, 0.2) is 20.2 Å². The minimum Gasteiger partial charge on any atom is -1.00 e. The van der Waals surface area contributed by atoms with Gasteiger partial charge in [-0.3, -0.25) is 0 Å². The quantitative estimate of drug-likeness (QED) is 0.417. The molecule has 0 aromatic heterocycles. The molecule has 0 N–H and O–H groups in total. The van der Waals surface area contributed by atoms with Gasteiger partial charge in [0.05, 0.1) is 0 Å². The van der Waals surface area contributed by atoms with Crippen molar-refractivity contribution in [3.05, 3.63) is 20.2 Å². The molecule has 0 atom stereocenters. The van der Waals surface area contributed by atoms with E-state index in [2.05, 4.69) is 67.8 Å². The van der Waals surface area contributed by atoms with Gasteiger partial charge in [-0.25, -0.2) is 0 Å². The normalized spacial score (nSPS) is 18.4. The van der Waals surface area contributed by atoms with Crippen LogP contribution in [-0.4, -0.2) is 8.07 Å². The summed E-state index contributed by atoms with van der Waals surface area (Å²) in [6, 6.07) is 0. The Morgan fingerprint density at radius 3 is 1.41 bits per heavy atom. The molecule has 0 bridgehead atoms. The van der Waals surface area contributed by atoms with Crippen molar-refractivity contribution in [1.29, 1.82) is 0 Å². The Balaban J connectivity index is -0.000000653. The topological polar surface area (TPSA) is 0 Å². The molecule has 0 heterocycles. The molecule has 0 amide bonds. The monoisotopic (exact) mass is 346 g/mol. The molecule has 0 spiro atoms. The molecule has 0 unspecified atom stereocenters. The van der Waals surface area contributed by atoms with Gasteiger partial charge in [-0.1, -0.05) is 0 Å². The zero-order valence-corrected chi connectivity index (χ0v) is 16.5. The summed E-state index contributed by atoms with van der Waals surface area (Å²) < 4.78 is 1.62. The summed E-state index contributed by atoms with van der Waals surface area (Å²) in [4.78, 5) is 0. The second-order valence-corrected chi connectivity index (χ2v) is 11.7. The van der Waals surface area contributed by atoms with E-state index in [1.54, 1.807) is 20.2 Å². The first-order valence-corrected chi connectivity index (χ1v) is 9.53. The van der Waals surface area contributed by atoms with Crippen molar-refractivity contribution in [1.82, 2.24) is 0 Å². The fourth-order valence-corrected chi connectivity index (χ4v) is 7.00. The molecule has 1 rings (SSSR count). The Hall–Kier alpha value is 1.28. The molecule has 0 radical (unpaired) electrons. The number of halogens is 3. The minimum atomic E-state index is -1.16. The maximum absolute atomic E-state index is 2.45. The van der Waals surface area contributed by atoms with Crippen LogP contribution in [0.2, 0.25) is 19.6 Å². The molecule has 17 heavy (non-hydrogen) atoms. The molecule has 0 fully saturated rings. The zero-order valence-electron chi connectivity index (χ0n) is 11.6. The van der Waals surface area contributed by atoms with E-state index in [9.17, 15) is 0 Å². The van der Waals surface area contributed by atoms with Crippen LogP contribution in [0.3, 0.4) is 0 Å². The van der Waals surface area contributed by atoms with Crippen LogP contribution in [0.25, 0.3) is 0 Å². The second kappa shape index (κ2) is 7.17. The Labute approximate surface area is 138 Å². The molecule has 0 aliphatic heterocycles. The van der Waals surface area contributed by atoms with Crippen molar-refractivity contribution in [2.24, 2.45) is 5.41 Å². The van der Waals surface area contributed by atoms with Crippen molar-refractivity contribution < 1.29 is 57.7 Å². The molecule has 0 saturated heterocycles. The van der Waals surface area contributed by atoms with Crippen LogP contribution in [0.1, 0.15) is 27.7 Å². The molecule has 1 aliphatic rings. The van der Waals surface area contributed by atoms with Gasteiger partial charge < -0.3 is 37.2 Å². The van der Waals surface area contributed by atoms with Crippen LogP contribution < -0.4 is 37.2 Å². The third-order valence-corrected chi connectivity index (χ3v) is 7.38. The van der Waals surface area contributed by atoms with Gasteiger partial charge in [-0.05, 0) is 0 Å². The van der Waals surface area contributed by atoms with Crippen molar-refractivity contribution in [2.45, 2.75) is 47.3 Å². The Bertz CT molecular complexity index is 338. The minimum absolute atomic E-state index is 0. The van der Waals surface area contributed by atoms with Gasteiger partial charge in [0.25, 0.3) is 0 Å². The summed E-state index contributed by atoms with van der Waals surface area (Å²) in [5.74, 6) is 0. The van der Waals surface area contributed by atoms with Crippen molar-refractivity contribution in [3.63, 3.8) is 0 Å². The predicted octanol–water partition coefficient (Wildman–Crippen LogP) is -4.95. The van der Waals surface area contributed by atoms with Crippen LogP contribution in [-0.2, 0) is 20.4 Å². The van der Waals surface area contributed by atoms with E-state index in [1.165, 1.54) is 0 Å². The summed E-state index contributed by atoms with van der Waals surface area (Å²) in [5, 5.41) is 1.71. The third kappa shape index (κ3) is 4.12. The molecular weight excluding hydrogens is 326 g/mol. The average molecular weight is 348 g/mol. The maximum Gasteiger partial charge on any atom is -1.00 e. The average Bonchev–Trinajstić information content (AvgIpc) is 2.12. The maximum atomic E-state index is 2.45. The largest absolute Gasteiger partial charge is 1.00 e. The van der Waals surface area contributed by atoms with Gasteiger partial charge >= 0.3 is 101 Å². The molecule has 0 saturated carbocycles. The Kier molecular flexibility index (Phi) is 9.86. The van der Waals surface area contributed by atoms with Gasteiger partial charge in [0.2, 0.25) is 0 Å². The van der Waals surface area contributed by atoms with Crippen LogP contribution >= 0.6 is 0 Å². The van der Waals surface area contributed by atoms with Gasteiger partial charge in [-0.2, -0.15) is 0 Å². The SMILES string of the molecule is CC1=C(C)C(C)(C)[C]([Ti+3])=C1[Si](C)(C)C.[Cl-].[Cl-].[Cl-].